The predicted octanol–water partition coefficient (Wildman–Crippen LogP) is 3.46. The van der Waals surface area contributed by atoms with Crippen LogP contribution < -0.4 is 4.74 Å². The number of benzene rings is 1. The molecule has 0 N–H and O–H groups in total. The number of hydrogen-bond acceptors (Lipinski definition) is 5. The molecule has 1 heterocycles. The van der Waals surface area contributed by atoms with Gasteiger partial charge in [0.25, 0.3) is 5.91 Å². The van der Waals surface area contributed by atoms with E-state index < -0.39 is 5.97 Å². The summed E-state index contributed by atoms with van der Waals surface area (Å²) in [6.45, 7) is 8.76. The number of esters is 1. The van der Waals surface area contributed by atoms with E-state index in [1.165, 1.54) is 11.3 Å². The number of carbonyl (C=O) groups excluding carboxylic acids is 2. The molecule has 6 heteroatoms. The number of aromatic nitrogens is 1. The standard InChI is InChI=1S/C17H20N2O3S/c1-5-19(6-2)16(20)13-8-7-9-14(10-13)22-17(21)15-11(3)18-12(4)23-15/h7-10H,5-6H2,1-4H3. The summed E-state index contributed by atoms with van der Waals surface area (Å²) >= 11 is 1.30. The topological polar surface area (TPSA) is 59.5 Å². The van der Waals surface area contributed by atoms with Crippen LogP contribution in [0.2, 0.25) is 0 Å². The summed E-state index contributed by atoms with van der Waals surface area (Å²) in [6, 6.07) is 6.70. The van der Waals surface area contributed by atoms with Gasteiger partial charge < -0.3 is 9.64 Å². The molecule has 0 saturated heterocycles. The minimum Gasteiger partial charge on any atom is -0.422 e. The summed E-state index contributed by atoms with van der Waals surface area (Å²) in [7, 11) is 0. The van der Waals surface area contributed by atoms with E-state index >= 15 is 0 Å². The van der Waals surface area contributed by atoms with Crippen LogP contribution in [-0.4, -0.2) is 34.8 Å². The van der Waals surface area contributed by atoms with E-state index in [1.54, 1.807) is 36.1 Å². The predicted molar refractivity (Wildman–Crippen MR) is 90.2 cm³/mol. The molecule has 1 aromatic carbocycles. The fraction of sp³-hybridized carbons (Fsp3) is 0.353. The van der Waals surface area contributed by atoms with Gasteiger partial charge in [-0.05, 0) is 45.9 Å². The van der Waals surface area contributed by atoms with E-state index in [9.17, 15) is 9.59 Å². The van der Waals surface area contributed by atoms with Gasteiger partial charge >= 0.3 is 5.97 Å². The average Bonchev–Trinajstić information content (AvgIpc) is 2.87. The SMILES string of the molecule is CCN(CC)C(=O)c1cccc(OC(=O)c2sc(C)nc2C)c1. The van der Waals surface area contributed by atoms with Gasteiger partial charge in [-0.15, -0.1) is 11.3 Å². The first-order valence-electron chi connectivity index (χ1n) is 7.51. The highest BCUT2D eigenvalue weighted by molar-refractivity contribution is 7.13. The molecule has 5 nitrogen and oxygen atoms in total. The lowest BCUT2D eigenvalue weighted by atomic mass is 10.2. The number of ether oxygens (including phenoxy) is 1. The van der Waals surface area contributed by atoms with Crippen molar-refractivity contribution in [3.05, 3.63) is 45.4 Å². The Labute approximate surface area is 139 Å². The summed E-state index contributed by atoms with van der Waals surface area (Å²) in [5.74, 6) is -0.156. The Morgan fingerprint density at radius 3 is 2.48 bits per heavy atom. The molecule has 0 unspecified atom stereocenters. The van der Waals surface area contributed by atoms with Crippen molar-refractivity contribution in [3.8, 4) is 5.75 Å². The normalized spacial score (nSPS) is 10.4. The molecule has 2 rings (SSSR count). The van der Waals surface area contributed by atoms with Gasteiger partial charge in [0, 0.05) is 18.7 Å². The Balaban J connectivity index is 2.18. The molecule has 0 aliphatic carbocycles. The molecule has 0 bridgehead atoms. The van der Waals surface area contributed by atoms with Crippen molar-refractivity contribution in [2.24, 2.45) is 0 Å². The third-order valence-corrected chi connectivity index (χ3v) is 4.48. The van der Waals surface area contributed by atoms with E-state index in [1.807, 2.05) is 20.8 Å². The lowest BCUT2D eigenvalue weighted by molar-refractivity contribution is 0.0730. The van der Waals surface area contributed by atoms with E-state index in [0.717, 1.165) is 5.01 Å². The second kappa shape index (κ2) is 7.37. The van der Waals surface area contributed by atoms with Gasteiger partial charge in [-0.2, -0.15) is 0 Å². The molecule has 122 valence electrons. The summed E-state index contributed by atoms with van der Waals surface area (Å²) in [6.07, 6.45) is 0. The zero-order valence-corrected chi connectivity index (χ0v) is 14.6. The molecule has 2 aromatic rings. The monoisotopic (exact) mass is 332 g/mol. The smallest absolute Gasteiger partial charge is 0.355 e. The van der Waals surface area contributed by atoms with Gasteiger partial charge in [0.1, 0.15) is 10.6 Å². The molecule has 23 heavy (non-hydrogen) atoms. The highest BCUT2D eigenvalue weighted by atomic mass is 32.1. The van der Waals surface area contributed by atoms with Crippen LogP contribution in [-0.2, 0) is 0 Å². The maximum absolute atomic E-state index is 12.3. The first kappa shape index (κ1) is 17.1. The van der Waals surface area contributed by atoms with Crippen molar-refractivity contribution >= 4 is 23.2 Å². The second-order valence-electron chi connectivity index (χ2n) is 5.04. The molecule has 0 spiro atoms. The van der Waals surface area contributed by atoms with Gasteiger partial charge in [0.05, 0.1) is 10.7 Å². The fourth-order valence-electron chi connectivity index (χ4n) is 2.26. The number of carbonyl (C=O) groups is 2. The van der Waals surface area contributed by atoms with Crippen molar-refractivity contribution in [2.75, 3.05) is 13.1 Å². The Morgan fingerprint density at radius 1 is 1.22 bits per heavy atom. The molecule has 0 saturated carbocycles. The lowest BCUT2D eigenvalue weighted by Gasteiger charge is -2.18. The van der Waals surface area contributed by atoms with E-state index in [4.69, 9.17) is 4.74 Å². The van der Waals surface area contributed by atoms with Crippen molar-refractivity contribution in [3.63, 3.8) is 0 Å². The van der Waals surface area contributed by atoms with Crippen LogP contribution in [0, 0.1) is 13.8 Å². The maximum Gasteiger partial charge on any atom is 0.355 e. The average molecular weight is 332 g/mol. The van der Waals surface area contributed by atoms with Crippen LogP contribution in [0.5, 0.6) is 5.75 Å². The number of rotatable bonds is 5. The third kappa shape index (κ3) is 3.96. The molecule has 0 fully saturated rings. The Kier molecular flexibility index (Phi) is 5.50. The number of thiazole rings is 1. The molecule has 0 aliphatic heterocycles. The number of amides is 1. The minimum absolute atomic E-state index is 0.0716. The van der Waals surface area contributed by atoms with Crippen LogP contribution in [0.3, 0.4) is 0 Å². The first-order chi connectivity index (χ1) is 11.0. The van der Waals surface area contributed by atoms with Gasteiger partial charge in [-0.25, -0.2) is 9.78 Å². The van der Waals surface area contributed by atoms with Crippen LogP contribution >= 0.6 is 11.3 Å². The summed E-state index contributed by atoms with van der Waals surface area (Å²) in [5.41, 5.74) is 1.17. The zero-order chi connectivity index (χ0) is 17.0. The maximum atomic E-state index is 12.3. The quantitative estimate of drug-likeness (QED) is 0.621. The van der Waals surface area contributed by atoms with E-state index in [2.05, 4.69) is 4.98 Å². The highest BCUT2D eigenvalue weighted by Gasteiger charge is 2.18. The molecular formula is C17H20N2O3S. The van der Waals surface area contributed by atoms with Gasteiger partial charge in [0.2, 0.25) is 0 Å². The Morgan fingerprint density at radius 2 is 1.91 bits per heavy atom. The molecule has 0 aliphatic rings. The molecule has 1 aromatic heterocycles. The van der Waals surface area contributed by atoms with Crippen LogP contribution in [0.1, 0.15) is 44.6 Å². The number of aryl methyl sites for hydroxylation is 2. The van der Waals surface area contributed by atoms with Crippen molar-refractivity contribution < 1.29 is 14.3 Å². The van der Waals surface area contributed by atoms with Crippen molar-refractivity contribution in [1.82, 2.24) is 9.88 Å². The van der Waals surface area contributed by atoms with Crippen molar-refractivity contribution in [2.45, 2.75) is 27.7 Å². The zero-order valence-electron chi connectivity index (χ0n) is 13.8. The summed E-state index contributed by atoms with van der Waals surface area (Å²) in [5, 5.41) is 0.819. The molecular weight excluding hydrogens is 312 g/mol. The third-order valence-electron chi connectivity index (χ3n) is 3.43. The summed E-state index contributed by atoms with van der Waals surface area (Å²) in [4.78, 5) is 31.0. The number of hydrogen-bond donors (Lipinski definition) is 0. The van der Waals surface area contributed by atoms with Gasteiger partial charge in [-0.3, -0.25) is 4.79 Å². The minimum atomic E-state index is -0.444. The fourth-order valence-corrected chi connectivity index (χ4v) is 3.06. The summed E-state index contributed by atoms with van der Waals surface area (Å²) < 4.78 is 5.39. The van der Waals surface area contributed by atoms with Gasteiger partial charge in [-0.1, -0.05) is 6.07 Å². The van der Waals surface area contributed by atoms with E-state index in [0.29, 0.717) is 35.0 Å². The largest absolute Gasteiger partial charge is 0.422 e. The Hall–Kier alpha value is -2.21. The first-order valence-corrected chi connectivity index (χ1v) is 8.33. The Bertz CT molecular complexity index is 720. The van der Waals surface area contributed by atoms with Gasteiger partial charge in [0.15, 0.2) is 0 Å². The molecule has 1 amide bonds. The van der Waals surface area contributed by atoms with Crippen LogP contribution in [0.4, 0.5) is 0 Å². The van der Waals surface area contributed by atoms with Crippen LogP contribution in [0.15, 0.2) is 24.3 Å². The number of nitrogens with zero attached hydrogens (tertiary/aromatic N) is 2. The van der Waals surface area contributed by atoms with Crippen molar-refractivity contribution in [1.29, 1.82) is 0 Å². The van der Waals surface area contributed by atoms with E-state index in [-0.39, 0.29) is 5.91 Å². The second-order valence-corrected chi connectivity index (χ2v) is 6.25. The molecule has 0 radical (unpaired) electrons. The lowest BCUT2D eigenvalue weighted by Crippen LogP contribution is -2.30. The molecule has 0 atom stereocenters. The highest BCUT2D eigenvalue weighted by Crippen LogP contribution is 2.21. The van der Waals surface area contributed by atoms with Crippen LogP contribution in [0.25, 0.3) is 0 Å².